The molecule has 31 heavy (non-hydrogen) atoms. The number of nitrogens with zero attached hydrogens (tertiary/aromatic N) is 4. The van der Waals surface area contributed by atoms with Gasteiger partial charge in [0, 0.05) is 20.9 Å². The van der Waals surface area contributed by atoms with Crippen molar-refractivity contribution >= 4 is 40.7 Å². The lowest BCUT2D eigenvalue weighted by Crippen LogP contribution is -2.28. The van der Waals surface area contributed by atoms with Crippen molar-refractivity contribution < 1.29 is 28.2 Å². The number of carboxylic acid groups (broad SMARTS) is 1. The number of aliphatic hydroxyl groups is 1. The first-order valence-electron chi connectivity index (χ1n) is 10.0. The van der Waals surface area contributed by atoms with Crippen molar-refractivity contribution in [2.75, 3.05) is 18.2 Å². The van der Waals surface area contributed by atoms with E-state index in [2.05, 4.69) is 40.0 Å². The van der Waals surface area contributed by atoms with Gasteiger partial charge in [-0.25, -0.2) is 27.9 Å². The number of sulfone groups is 1. The Morgan fingerprint density at radius 2 is 2.03 bits per heavy atom. The zero-order valence-corrected chi connectivity index (χ0v) is 19.9. The fourth-order valence-corrected chi connectivity index (χ4v) is 5.40. The molecule has 1 aliphatic carbocycles. The molecule has 2 heterocycles. The topological polar surface area (TPSA) is 157 Å². The van der Waals surface area contributed by atoms with Crippen molar-refractivity contribution in [2.45, 2.75) is 62.7 Å². The third-order valence-electron chi connectivity index (χ3n) is 5.36. The maximum absolute atomic E-state index is 11.9. The first-order chi connectivity index (χ1) is 14.4. The van der Waals surface area contributed by atoms with E-state index in [-0.39, 0.29) is 42.1 Å². The molecule has 13 heteroatoms. The number of carbonyl (C=O) groups is 1. The van der Waals surface area contributed by atoms with E-state index in [1.54, 1.807) is 0 Å². The lowest BCUT2D eigenvalue weighted by atomic mass is 10.2. The van der Waals surface area contributed by atoms with Crippen LogP contribution in [0, 0.1) is 0 Å². The molecule has 11 nitrogen and oxygen atoms in total. The number of nitrogens with one attached hydrogen (secondary N) is 1. The summed E-state index contributed by atoms with van der Waals surface area (Å²) in [5.74, 6) is -1.06. The van der Waals surface area contributed by atoms with Crippen molar-refractivity contribution in [1.82, 2.24) is 19.7 Å². The molecule has 2 aromatic rings. The summed E-state index contributed by atoms with van der Waals surface area (Å²) in [7, 11) is -4.57. The highest BCUT2D eigenvalue weighted by Crippen LogP contribution is 2.30. The van der Waals surface area contributed by atoms with Crippen molar-refractivity contribution in [2.24, 2.45) is 0 Å². The molecule has 3 atom stereocenters. The van der Waals surface area contributed by atoms with Crippen LogP contribution in [0.4, 0.5) is 5.82 Å². The van der Waals surface area contributed by atoms with E-state index in [1.807, 2.05) is 0 Å². The zero-order chi connectivity index (χ0) is 23.0. The second-order valence-electron chi connectivity index (χ2n) is 9.16. The average molecular weight is 472 g/mol. The molecule has 1 fully saturated rings. The highest BCUT2D eigenvalue weighted by molar-refractivity contribution is 7.91. The van der Waals surface area contributed by atoms with Crippen molar-refractivity contribution in [3.63, 3.8) is 0 Å². The monoisotopic (exact) mass is 471 g/mol. The molecule has 0 bridgehead atoms. The maximum atomic E-state index is 11.9. The fourth-order valence-electron chi connectivity index (χ4n) is 3.54. The van der Waals surface area contributed by atoms with Crippen molar-refractivity contribution in [3.05, 3.63) is 12.0 Å². The molecule has 3 rings (SSSR count). The van der Waals surface area contributed by atoms with Crippen LogP contribution in [0.3, 0.4) is 0 Å². The standard InChI is InChI=1S/C18H29N5O6SSi/c1-30(27,28)11-7-12(13(24)8-11)21-16-14-15(18(25)26)22-23(17(14)20-9-19-16)10-29-5-6-31(2,3)4/h9,11-13,24H,5-8,10H2,1-4H3,(H,25,26)(H,19,20,21)/t11?,12-,13?/m0/s1. The molecule has 0 amide bonds. The Bertz CT molecular complexity index is 1070. The number of hydrogen-bond acceptors (Lipinski definition) is 9. The number of carboxylic acids is 1. The van der Waals surface area contributed by atoms with E-state index in [1.165, 1.54) is 11.0 Å². The second-order valence-corrected chi connectivity index (χ2v) is 17.1. The molecular weight excluding hydrogens is 442 g/mol. The third kappa shape index (κ3) is 5.59. The van der Waals surface area contributed by atoms with Gasteiger partial charge in [0.25, 0.3) is 0 Å². The highest BCUT2D eigenvalue weighted by atomic mass is 32.2. The smallest absolute Gasteiger partial charge is 0.357 e. The van der Waals surface area contributed by atoms with E-state index in [0.29, 0.717) is 6.61 Å². The van der Waals surface area contributed by atoms with E-state index >= 15 is 0 Å². The minimum absolute atomic E-state index is 0.0485. The SMILES string of the molecule is C[Si](C)(C)CCOCn1nc(C(=O)O)c2c(N[C@H]3CC(S(C)(=O)=O)CC3O)ncnc21. The number of aromatic nitrogens is 4. The maximum Gasteiger partial charge on any atom is 0.357 e. The molecular formula is C18H29N5O6SSi. The summed E-state index contributed by atoms with van der Waals surface area (Å²) in [6, 6.07) is 0.372. The number of hydrogen-bond donors (Lipinski definition) is 3. The lowest BCUT2D eigenvalue weighted by Gasteiger charge is -2.17. The van der Waals surface area contributed by atoms with Crippen LogP contribution < -0.4 is 5.32 Å². The van der Waals surface area contributed by atoms with Crippen molar-refractivity contribution in [1.29, 1.82) is 0 Å². The van der Waals surface area contributed by atoms with Crippen LogP contribution >= 0.6 is 0 Å². The van der Waals surface area contributed by atoms with Gasteiger partial charge in [0.1, 0.15) is 28.7 Å². The lowest BCUT2D eigenvalue weighted by molar-refractivity contribution is 0.0675. The van der Waals surface area contributed by atoms with Crippen LogP contribution in [0.2, 0.25) is 25.7 Å². The first-order valence-corrected chi connectivity index (χ1v) is 15.7. The summed E-state index contributed by atoms with van der Waals surface area (Å²) in [5, 5.41) is 26.6. The molecule has 2 aromatic heterocycles. The van der Waals surface area contributed by atoms with E-state index < -0.39 is 41.3 Å². The third-order valence-corrected chi connectivity index (χ3v) is 8.66. The number of aromatic carboxylic acids is 1. The van der Waals surface area contributed by atoms with Gasteiger partial charge in [0.15, 0.2) is 11.3 Å². The number of rotatable bonds is 9. The quantitative estimate of drug-likeness (QED) is 0.358. The molecule has 2 unspecified atom stereocenters. The molecule has 1 aliphatic rings. The van der Waals surface area contributed by atoms with Crippen LogP contribution in [0.15, 0.2) is 6.33 Å². The minimum Gasteiger partial charge on any atom is -0.476 e. The largest absolute Gasteiger partial charge is 0.476 e. The zero-order valence-electron chi connectivity index (χ0n) is 18.1. The van der Waals surface area contributed by atoms with Gasteiger partial charge in [0.2, 0.25) is 0 Å². The van der Waals surface area contributed by atoms with Gasteiger partial charge in [-0.2, -0.15) is 5.10 Å². The second kappa shape index (κ2) is 8.80. The van der Waals surface area contributed by atoms with Crippen LogP contribution in [0.5, 0.6) is 0 Å². The molecule has 0 aliphatic heterocycles. The predicted molar refractivity (Wildman–Crippen MR) is 118 cm³/mol. The number of fused-ring (bicyclic) bond motifs is 1. The number of anilines is 1. The van der Waals surface area contributed by atoms with Crippen LogP contribution in [-0.2, 0) is 21.3 Å². The van der Waals surface area contributed by atoms with Gasteiger partial charge >= 0.3 is 5.97 Å². The van der Waals surface area contributed by atoms with Crippen LogP contribution in [0.25, 0.3) is 11.0 Å². The first kappa shape index (κ1) is 23.6. The van der Waals surface area contributed by atoms with E-state index in [9.17, 15) is 23.4 Å². The normalized spacial score (nSPS) is 22.2. The van der Waals surface area contributed by atoms with Gasteiger partial charge in [0.05, 0.1) is 22.8 Å². The predicted octanol–water partition coefficient (Wildman–Crippen LogP) is 1.19. The summed E-state index contributed by atoms with van der Waals surface area (Å²) in [6.45, 7) is 7.29. The summed E-state index contributed by atoms with van der Waals surface area (Å²) in [6.07, 6.45) is 1.82. The Balaban J connectivity index is 1.86. The molecule has 0 saturated heterocycles. The van der Waals surface area contributed by atoms with Crippen LogP contribution in [-0.4, -0.2) is 82.7 Å². The van der Waals surface area contributed by atoms with Gasteiger partial charge in [-0.15, -0.1) is 0 Å². The van der Waals surface area contributed by atoms with Gasteiger partial charge < -0.3 is 20.3 Å². The Labute approximate surface area is 181 Å². The van der Waals surface area contributed by atoms with E-state index in [4.69, 9.17) is 4.74 Å². The molecule has 0 spiro atoms. The molecule has 0 aromatic carbocycles. The van der Waals surface area contributed by atoms with Gasteiger partial charge in [-0.05, 0) is 18.9 Å². The summed E-state index contributed by atoms with van der Waals surface area (Å²) in [5.41, 5.74) is 0.0501. The molecule has 0 radical (unpaired) electrons. The Morgan fingerprint density at radius 3 is 2.61 bits per heavy atom. The number of ether oxygens (including phenoxy) is 1. The van der Waals surface area contributed by atoms with Gasteiger partial charge in [-0.3, -0.25) is 0 Å². The van der Waals surface area contributed by atoms with E-state index in [0.717, 1.165) is 12.3 Å². The van der Waals surface area contributed by atoms with Gasteiger partial charge in [-0.1, -0.05) is 19.6 Å². The highest BCUT2D eigenvalue weighted by Gasteiger charge is 2.39. The number of aliphatic hydroxyl groups excluding tert-OH is 1. The molecule has 3 N–H and O–H groups in total. The molecule has 1 saturated carbocycles. The Hall–Kier alpha value is -2.09. The fraction of sp³-hybridized carbons (Fsp3) is 0.667. The molecule has 172 valence electrons. The Kier molecular flexibility index (Phi) is 6.69. The Morgan fingerprint density at radius 1 is 1.32 bits per heavy atom. The van der Waals surface area contributed by atoms with Crippen LogP contribution in [0.1, 0.15) is 23.3 Å². The summed E-state index contributed by atoms with van der Waals surface area (Å²) < 4.78 is 30.8. The van der Waals surface area contributed by atoms with Crippen molar-refractivity contribution in [3.8, 4) is 0 Å². The summed E-state index contributed by atoms with van der Waals surface area (Å²) >= 11 is 0. The minimum atomic E-state index is -3.30. The average Bonchev–Trinajstić information content (AvgIpc) is 3.20. The summed E-state index contributed by atoms with van der Waals surface area (Å²) in [4.78, 5) is 20.1.